The van der Waals surface area contributed by atoms with Gasteiger partial charge in [-0.1, -0.05) is 38.5 Å². The third-order valence-corrected chi connectivity index (χ3v) is 7.81. The van der Waals surface area contributed by atoms with E-state index in [1.54, 1.807) is 25.2 Å². The van der Waals surface area contributed by atoms with E-state index in [9.17, 15) is 22.8 Å². The van der Waals surface area contributed by atoms with Gasteiger partial charge in [0.15, 0.2) is 5.78 Å². The second-order valence-corrected chi connectivity index (χ2v) is 11.1. The van der Waals surface area contributed by atoms with Crippen LogP contribution in [0.5, 0.6) is 0 Å². The molecule has 1 amide bonds. The number of ether oxygens (including phenoxy) is 1. The van der Waals surface area contributed by atoms with Crippen LogP contribution in [0.4, 0.5) is 13.2 Å². The lowest BCUT2D eigenvalue weighted by Gasteiger charge is -2.44. The first-order valence-corrected chi connectivity index (χ1v) is 13.8. The van der Waals surface area contributed by atoms with Crippen molar-refractivity contribution >= 4 is 22.7 Å². The molecule has 0 bridgehead atoms. The predicted molar refractivity (Wildman–Crippen MR) is 152 cm³/mol. The molecule has 1 heterocycles. The number of alkyl halides is 2. The molecule has 1 saturated carbocycles. The van der Waals surface area contributed by atoms with Gasteiger partial charge in [-0.3, -0.25) is 9.59 Å². The maximum absolute atomic E-state index is 13.6. The Bertz CT molecular complexity index is 1590. The highest BCUT2D eigenvalue weighted by atomic mass is 19.3. The lowest BCUT2D eigenvalue weighted by Crippen LogP contribution is -2.42. The van der Waals surface area contributed by atoms with Gasteiger partial charge in [0.2, 0.25) is 0 Å². The second kappa shape index (κ2) is 11.5. The molecular weight excluding hydrogens is 531 g/mol. The Kier molecular flexibility index (Phi) is 8.04. The van der Waals surface area contributed by atoms with Gasteiger partial charge < -0.3 is 14.5 Å². The lowest BCUT2D eigenvalue weighted by molar-refractivity contribution is -0.204. The normalized spacial score (nSPS) is 18.5. The Hall–Kier alpha value is -3.91. The van der Waals surface area contributed by atoms with Gasteiger partial charge in [-0.2, -0.15) is 8.78 Å². The van der Waals surface area contributed by atoms with Gasteiger partial charge >= 0.3 is 6.61 Å². The molecule has 0 saturated heterocycles. The molecule has 41 heavy (non-hydrogen) atoms. The van der Waals surface area contributed by atoms with Crippen molar-refractivity contribution in [1.82, 2.24) is 5.32 Å². The monoisotopic (exact) mass is 563 g/mol. The number of carbonyl (C=O) groups is 2. The number of hydrogen-bond acceptors (Lipinski definition) is 4. The van der Waals surface area contributed by atoms with Crippen LogP contribution in [0.1, 0.15) is 65.8 Å². The van der Waals surface area contributed by atoms with Crippen molar-refractivity contribution in [3.8, 4) is 22.5 Å². The predicted octanol–water partition coefficient (Wildman–Crippen LogP) is 8.20. The number of fused-ring (bicyclic) bond motifs is 1. The quantitative estimate of drug-likeness (QED) is 0.198. The fourth-order valence-corrected chi connectivity index (χ4v) is 5.86. The fraction of sp³-hybridized carbons (Fsp3) is 0.333. The van der Waals surface area contributed by atoms with E-state index in [0.717, 1.165) is 29.5 Å². The maximum atomic E-state index is 13.6. The highest BCUT2D eigenvalue weighted by Gasteiger charge is 2.43. The van der Waals surface area contributed by atoms with Gasteiger partial charge in [0.05, 0.1) is 11.7 Å². The van der Waals surface area contributed by atoms with E-state index < -0.39 is 12.7 Å². The Labute approximate surface area is 236 Å². The number of aryl methyl sites for hydroxylation is 1. The highest BCUT2D eigenvalue weighted by Crippen LogP contribution is 2.46. The molecule has 1 fully saturated rings. The Morgan fingerprint density at radius 3 is 2.46 bits per heavy atom. The number of furan rings is 1. The Morgan fingerprint density at radius 1 is 1.07 bits per heavy atom. The molecule has 0 atom stereocenters. The summed E-state index contributed by atoms with van der Waals surface area (Å²) in [6.07, 6.45) is 2.16. The van der Waals surface area contributed by atoms with Gasteiger partial charge in [-0.25, -0.2) is 4.39 Å². The van der Waals surface area contributed by atoms with E-state index in [0.29, 0.717) is 46.3 Å². The fourth-order valence-electron chi connectivity index (χ4n) is 5.86. The van der Waals surface area contributed by atoms with Crippen molar-refractivity contribution in [2.24, 2.45) is 5.41 Å². The molecule has 0 aliphatic heterocycles. The van der Waals surface area contributed by atoms with Crippen LogP contribution in [-0.4, -0.2) is 31.5 Å². The Morgan fingerprint density at radius 2 is 1.80 bits per heavy atom. The molecule has 1 aliphatic carbocycles. The first-order valence-electron chi connectivity index (χ1n) is 13.8. The van der Waals surface area contributed by atoms with E-state index >= 15 is 0 Å². The van der Waals surface area contributed by atoms with Crippen molar-refractivity contribution in [2.75, 3.05) is 7.05 Å². The average molecular weight is 564 g/mol. The van der Waals surface area contributed by atoms with Crippen LogP contribution in [0.25, 0.3) is 33.4 Å². The first kappa shape index (κ1) is 28.6. The SMILES string of the molecule is CCCc1cc2oc(-c3ccc(F)cc3)c(C(=O)NC)c2cc1-c1cccc(C(=O)CC2(C)CC(OC(F)F)C2)c1. The topological polar surface area (TPSA) is 68.5 Å². The summed E-state index contributed by atoms with van der Waals surface area (Å²) in [5.41, 5.74) is 4.34. The van der Waals surface area contributed by atoms with E-state index in [1.807, 2.05) is 37.3 Å². The largest absolute Gasteiger partial charge is 0.455 e. The van der Waals surface area contributed by atoms with Crippen LogP contribution in [0.2, 0.25) is 0 Å². The van der Waals surface area contributed by atoms with Crippen molar-refractivity contribution in [3.63, 3.8) is 0 Å². The minimum Gasteiger partial charge on any atom is -0.455 e. The summed E-state index contributed by atoms with van der Waals surface area (Å²) in [5.74, 6) is -0.424. The zero-order chi connectivity index (χ0) is 29.3. The lowest BCUT2D eigenvalue weighted by atomic mass is 9.65. The first-order chi connectivity index (χ1) is 19.6. The molecule has 5 rings (SSSR count). The van der Waals surface area contributed by atoms with Crippen molar-refractivity contribution < 1.29 is 31.9 Å². The number of carbonyl (C=O) groups excluding carboxylic acids is 2. The number of nitrogens with one attached hydrogen (secondary N) is 1. The summed E-state index contributed by atoms with van der Waals surface area (Å²) in [6, 6.07) is 17.0. The summed E-state index contributed by atoms with van der Waals surface area (Å²) >= 11 is 0. The summed E-state index contributed by atoms with van der Waals surface area (Å²) < 4.78 is 49.5. The summed E-state index contributed by atoms with van der Waals surface area (Å²) in [4.78, 5) is 26.3. The number of hydrogen-bond donors (Lipinski definition) is 1. The molecule has 5 nitrogen and oxygen atoms in total. The molecule has 1 N–H and O–H groups in total. The van der Waals surface area contributed by atoms with E-state index in [-0.39, 0.29) is 29.3 Å². The van der Waals surface area contributed by atoms with Crippen LogP contribution < -0.4 is 5.32 Å². The second-order valence-electron chi connectivity index (χ2n) is 11.1. The van der Waals surface area contributed by atoms with Crippen LogP contribution >= 0.6 is 0 Å². The number of halogens is 3. The van der Waals surface area contributed by atoms with Gasteiger partial charge in [0.1, 0.15) is 17.2 Å². The third kappa shape index (κ3) is 5.93. The highest BCUT2D eigenvalue weighted by molar-refractivity contribution is 6.12. The van der Waals surface area contributed by atoms with Crippen molar-refractivity contribution in [1.29, 1.82) is 0 Å². The van der Waals surface area contributed by atoms with Crippen molar-refractivity contribution in [3.05, 3.63) is 83.2 Å². The molecule has 4 aromatic rings. The van der Waals surface area contributed by atoms with Gasteiger partial charge in [-0.15, -0.1) is 0 Å². The number of benzene rings is 3. The minimum atomic E-state index is -2.81. The Balaban J connectivity index is 1.53. The molecule has 1 aromatic heterocycles. The average Bonchev–Trinajstić information content (AvgIpc) is 3.30. The smallest absolute Gasteiger partial charge is 0.345 e. The van der Waals surface area contributed by atoms with E-state index in [1.165, 1.54) is 12.1 Å². The number of ketones is 1. The molecule has 0 radical (unpaired) electrons. The number of Topliss-reactive ketones (excluding diaryl/α,β-unsaturated/α-hetero) is 1. The summed E-state index contributed by atoms with van der Waals surface area (Å²) in [6.45, 7) is 1.18. The number of rotatable bonds is 10. The summed E-state index contributed by atoms with van der Waals surface area (Å²) in [5, 5.41) is 3.30. The standard InChI is InChI=1S/C33H32F3NO4/c1-4-6-20-14-28-26(29(31(39)37-3)30(41-28)19-9-11-23(34)12-10-19)15-25(20)21-7-5-8-22(13-21)27(38)18-33(2)16-24(17-33)40-32(35)36/h5,7-15,24,32H,4,6,16-18H2,1-3H3,(H,37,39). The molecular formula is C33H32F3NO4. The van der Waals surface area contributed by atoms with Crippen LogP contribution in [-0.2, 0) is 11.2 Å². The van der Waals surface area contributed by atoms with Crippen LogP contribution in [0.3, 0.4) is 0 Å². The molecule has 1 aliphatic rings. The van der Waals surface area contributed by atoms with E-state index in [4.69, 9.17) is 4.42 Å². The van der Waals surface area contributed by atoms with E-state index in [2.05, 4.69) is 17.0 Å². The zero-order valence-corrected chi connectivity index (χ0v) is 23.2. The molecule has 0 spiro atoms. The van der Waals surface area contributed by atoms with Crippen LogP contribution in [0.15, 0.2) is 65.1 Å². The molecule has 214 valence electrons. The van der Waals surface area contributed by atoms with Crippen molar-refractivity contribution in [2.45, 2.75) is 58.7 Å². The van der Waals surface area contributed by atoms with Crippen LogP contribution in [0, 0.1) is 11.2 Å². The van der Waals surface area contributed by atoms with Gasteiger partial charge in [-0.05, 0) is 83.8 Å². The maximum Gasteiger partial charge on any atom is 0.345 e. The minimum absolute atomic E-state index is 0.0593. The van der Waals surface area contributed by atoms with Gasteiger partial charge in [0.25, 0.3) is 5.91 Å². The molecule has 8 heteroatoms. The third-order valence-electron chi connectivity index (χ3n) is 7.81. The molecule has 3 aromatic carbocycles. The number of amides is 1. The molecule has 0 unspecified atom stereocenters. The van der Waals surface area contributed by atoms with Gasteiger partial charge in [0, 0.05) is 30.0 Å². The zero-order valence-electron chi connectivity index (χ0n) is 23.2. The summed E-state index contributed by atoms with van der Waals surface area (Å²) in [7, 11) is 1.54.